The Bertz CT molecular complexity index is 585. The van der Waals surface area contributed by atoms with Crippen molar-refractivity contribution >= 4 is 6.03 Å². The van der Waals surface area contributed by atoms with Crippen molar-refractivity contribution in [3.63, 3.8) is 0 Å². The quantitative estimate of drug-likeness (QED) is 0.717. The summed E-state index contributed by atoms with van der Waals surface area (Å²) in [6.07, 6.45) is 2.64. The fourth-order valence-corrected chi connectivity index (χ4v) is 2.05. The molecule has 0 aliphatic carbocycles. The molecular weight excluding hydrogens is 282 g/mol. The monoisotopic (exact) mass is 303 g/mol. The molecule has 1 atom stereocenters. The maximum Gasteiger partial charge on any atom is 0.315 e. The van der Waals surface area contributed by atoms with E-state index in [0.717, 1.165) is 12.1 Å². The Morgan fingerprint density at radius 1 is 1.32 bits per heavy atom. The van der Waals surface area contributed by atoms with E-state index < -0.39 is 6.10 Å². The molecule has 7 nitrogen and oxygen atoms in total. The lowest BCUT2D eigenvalue weighted by Gasteiger charge is -2.12. The molecular formula is C15H21N5O2. The molecule has 0 spiro atoms. The number of nitrogens with one attached hydrogen (secondary N) is 2. The molecule has 3 N–H and O–H groups in total. The first kappa shape index (κ1) is 16.0. The first-order chi connectivity index (χ1) is 10.7. The molecule has 0 saturated carbocycles. The summed E-state index contributed by atoms with van der Waals surface area (Å²) in [5.74, 6) is 0.635. The predicted octanol–water partition coefficient (Wildman–Crippen LogP) is 1.23. The maximum absolute atomic E-state index is 11.7. The van der Waals surface area contributed by atoms with Gasteiger partial charge in [0, 0.05) is 12.2 Å². The van der Waals surface area contributed by atoms with Crippen LogP contribution in [-0.4, -0.2) is 38.6 Å². The Morgan fingerprint density at radius 2 is 2.09 bits per heavy atom. The van der Waals surface area contributed by atoms with Crippen LogP contribution in [0.4, 0.5) is 4.79 Å². The number of hydrogen-bond acceptors (Lipinski definition) is 4. The summed E-state index contributed by atoms with van der Waals surface area (Å²) < 4.78 is 1.81. The topological polar surface area (TPSA) is 92.1 Å². The standard InChI is InChI=1S/C15H21N5O2/c1-2-6-13(21)9-16-15(22)17-10-14-19-18-11-20(14)12-7-4-3-5-8-12/h3-5,7-8,11,13,21H,2,6,9-10H2,1H3,(H2,16,17,22). The normalized spacial score (nSPS) is 11.9. The van der Waals surface area contributed by atoms with Crippen LogP contribution < -0.4 is 10.6 Å². The van der Waals surface area contributed by atoms with Crippen molar-refractivity contribution in [1.29, 1.82) is 0 Å². The van der Waals surface area contributed by atoms with E-state index >= 15 is 0 Å². The number of aliphatic hydroxyl groups is 1. The third-order valence-electron chi connectivity index (χ3n) is 3.18. The zero-order chi connectivity index (χ0) is 15.8. The molecule has 1 aromatic heterocycles. The van der Waals surface area contributed by atoms with Gasteiger partial charge in [-0.25, -0.2) is 4.79 Å². The van der Waals surface area contributed by atoms with Crippen LogP contribution in [0.25, 0.3) is 5.69 Å². The van der Waals surface area contributed by atoms with E-state index in [1.54, 1.807) is 6.33 Å². The number of rotatable bonds is 7. The van der Waals surface area contributed by atoms with Gasteiger partial charge in [-0.05, 0) is 18.6 Å². The number of carbonyl (C=O) groups is 1. The molecule has 2 amide bonds. The Morgan fingerprint density at radius 3 is 2.82 bits per heavy atom. The number of hydrogen-bond donors (Lipinski definition) is 3. The second kappa shape index (κ2) is 8.14. The van der Waals surface area contributed by atoms with Crippen molar-refractivity contribution in [2.75, 3.05) is 6.54 Å². The van der Waals surface area contributed by atoms with Crippen LogP contribution in [0.5, 0.6) is 0 Å². The molecule has 0 bridgehead atoms. The van der Waals surface area contributed by atoms with Gasteiger partial charge < -0.3 is 15.7 Å². The van der Waals surface area contributed by atoms with Crippen molar-refractivity contribution in [1.82, 2.24) is 25.4 Å². The van der Waals surface area contributed by atoms with Crippen LogP contribution in [0.15, 0.2) is 36.7 Å². The van der Waals surface area contributed by atoms with E-state index in [0.29, 0.717) is 12.2 Å². The molecule has 7 heteroatoms. The summed E-state index contributed by atoms with van der Waals surface area (Å²) in [6, 6.07) is 9.32. The fraction of sp³-hybridized carbons (Fsp3) is 0.400. The molecule has 2 aromatic rings. The minimum absolute atomic E-state index is 0.241. The van der Waals surface area contributed by atoms with E-state index in [1.165, 1.54) is 0 Å². The van der Waals surface area contributed by atoms with Gasteiger partial charge in [0.1, 0.15) is 6.33 Å². The van der Waals surface area contributed by atoms with Crippen molar-refractivity contribution < 1.29 is 9.90 Å². The summed E-state index contributed by atoms with van der Waals surface area (Å²) in [4.78, 5) is 11.7. The van der Waals surface area contributed by atoms with Gasteiger partial charge in [0.25, 0.3) is 0 Å². The Labute approximate surface area is 129 Å². The summed E-state index contributed by atoms with van der Waals surface area (Å²) in [7, 11) is 0. The number of nitrogens with zero attached hydrogens (tertiary/aromatic N) is 3. The smallest absolute Gasteiger partial charge is 0.315 e. The second-order valence-electron chi connectivity index (χ2n) is 4.96. The van der Waals surface area contributed by atoms with Crippen LogP contribution in [0.3, 0.4) is 0 Å². The number of para-hydroxylation sites is 1. The molecule has 0 aliphatic heterocycles. The van der Waals surface area contributed by atoms with Crippen molar-refractivity contribution in [2.45, 2.75) is 32.4 Å². The van der Waals surface area contributed by atoms with Crippen LogP contribution in [0, 0.1) is 0 Å². The molecule has 0 radical (unpaired) electrons. The van der Waals surface area contributed by atoms with Crippen molar-refractivity contribution in [3.8, 4) is 5.69 Å². The number of benzene rings is 1. The Balaban J connectivity index is 1.85. The largest absolute Gasteiger partial charge is 0.391 e. The number of carbonyl (C=O) groups excluding carboxylic acids is 1. The van der Waals surface area contributed by atoms with Gasteiger partial charge in [-0.15, -0.1) is 10.2 Å². The first-order valence-electron chi connectivity index (χ1n) is 7.34. The van der Waals surface area contributed by atoms with Crippen LogP contribution in [0.1, 0.15) is 25.6 Å². The zero-order valence-corrected chi connectivity index (χ0v) is 12.6. The number of urea groups is 1. The summed E-state index contributed by atoms with van der Waals surface area (Å²) >= 11 is 0. The number of aliphatic hydroxyl groups excluding tert-OH is 1. The second-order valence-corrected chi connectivity index (χ2v) is 4.96. The molecule has 1 heterocycles. The highest BCUT2D eigenvalue weighted by molar-refractivity contribution is 5.73. The van der Waals surface area contributed by atoms with Gasteiger partial charge in [-0.2, -0.15) is 0 Å². The van der Waals surface area contributed by atoms with E-state index in [-0.39, 0.29) is 19.1 Å². The summed E-state index contributed by atoms with van der Waals surface area (Å²) in [5.41, 5.74) is 0.933. The predicted molar refractivity (Wildman–Crippen MR) is 82.5 cm³/mol. The van der Waals surface area contributed by atoms with E-state index in [1.807, 2.05) is 41.8 Å². The van der Waals surface area contributed by atoms with Crippen molar-refractivity contribution in [3.05, 3.63) is 42.5 Å². The molecule has 0 aliphatic rings. The van der Waals surface area contributed by atoms with Crippen LogP contribution in [-0.2, 0) is 6.54 Å². The summed E-state index contributed by atoms with van der Waals surface area (Å²) in [6.45, 7) is 2.48. The van der Waals surface area contributed by atoms with E-state index in [4.69, 9.17) is 0 Å². The lowest BCUT2D eigenvalue weighted by molar-refractivity contribution is 0.160. The van der Waals surface area contributed by atoms with Gasteiger partial charge in [0.15, 0.2) is 5.82 Å². The highest BCUT2D eigenvalue weighted by Crippen LogP contribution is 2.08. The van der Waals surface area contributed by atoms with Gasteiger partial charge >= 0.3 is 6.03 Å². The van der Waals surface area contributed by atoms with E-state index in [2.05, 4.69) is 20.8 Å². The molecule has 0 fully saturated rings. The first-order valence-corrected chi connectivity index (χ1v) is 7.34. The van der Waals surface area contributed by atoms with Crippen LogP contribution >= 0.6 is 0 Å². The van der Waals surface area contributed by atoms with Crippen molar-refractivity contribution in [2.24, 2.45) is 0 Å². The molecule has 22 heavy (non-hydrogen) atoms. The van der Waals surface area contributed by atoms with Crippen LogP contribution in [0.2, 0.25) is 0 Å². The number of amides is 2. The third kappa shape index (κ3) is 4.56. The lowest BCUT2D eigenvalue weighted by Crippen LogP contribution is -2.39. The number of aromatic nitrogens is 3. The molecule has 1 aromatic carbocycles. The zero-order valence-electron chi connectivity index (χ0n) is 12.6. The minimum atomic E-state index is -0.510. The minimum Gasteiger partial charge on any atom is -0.391 e. The molecule has 0 saturated heterocycles. The van der Waals surface area contributed by atoms with Gasteiger partial charge in [0.05, 0.1) is 12.6 Å². The maximum atomic E-state index is 11.7. The third-order valence-corrected chi connectivity index (χ3v) is 3.18. The highest BCUT2D eigenvalue weighted by atomic mass is 16.3. The van der Waals surface area contributed by atoms with E-state index in [9.17, 15) is 9.90 Å². The summed E-state index contributed by atoms with van der Waals surface area (Å²) in [5, 5.41) is 22.8. The Hall–Kier alpha value is -2.41. The molecule has 2 rings (SSSR count). The highest BCUT2D eigenvalue weighted by Gasteiger charge is 2.09. The SMILES string of the molecule is CCCC(O)CNC(=O)NCc1nncn1-c1ccccc1. The molecule has 118 valence electrons. The fourth-order valence-electron chi connectivity index (χ4n) is 2.05. The average Bonchev–Trinajstić information content (AvgIpc) is 3.00. The Kier molecular flexibility index (Phi) is 5.91. The lowest BCUT2D eigenvalue weighted by atomic mass is 10.2. The van der Waals surface area contributed by atoms with Gasteiger partial charge in [-0.3, -0.25) is 4.57 Å². The van der Waals surface area contributed by atoms with Gasteiger partial charge in [-0.1, -0.05) is 31.5 Å². The van der Waals surface area contributed by atoms with Gasteiger partial charge in [0.2, 0.25) is 0 Å². The average molecular weight is 303 g/mol. The molecule has 1 unspecified atom stereocenters.